The number of benzene rings is 2. The third-order valence-electron chi connectivity index (χ3n) is 3.20. The number of amides is 2. The Kier molecular flexibility index (Phi) is 6.26. The van der Waals surface area contributed by atoms with Gasteiger partial charge in [0.05, 0.1) is 21.3 Å². The minimum absolute atomic E-state index is 0.0663. The Balaban J connectivity index is 2.01. The lowest BCUT2D eigenvalue weighted by atomic mass is 10.1. The molecular formula is C16H12Cl2N4O4. The number of halogens is 2. The van der Waals surface area contributed by atoms with Crippen LogP contribution < -0.4 is 10.7 Å². The molecule has 2 amide bonds. The fourth-order valence-corrected chi connectivity index (χ4v) is 2.18. The van der Waals surface area contributed by atoms with Crippen molar-refractivity contribution in [2.24, 2.45) is 5.10 Å². The van der Waals surface area contributed by atoms with Gasteiger partial charge in [0.15, 0.2) is 0 Å². The van der Waals surface area contributed by atoms with E-state index in [1.54, 1.807) is 6.92 Å². The van der Waals surface area contributed by atoms with Crippen LogP contribution in [0.4, 0.5) is 11.4 Å². The second kappa shape index (κ2) is 8.41. The van der Waals surface area contributed by atoms with E-state index in [4.69, 9.17) is 23.2 Å². The lowest BCUT2D eigenvalue weighted by Gasteiger charge is -2.07. The molecule has 26 heavy (non-hydrogen) atoms. The first-order valence-electron chi connectivity index (χ1n) is 7.13. The predicted octanol–water partition coefficient (Wildman–Crippen LogP) is 3.38. The second-order valence-electron chi connectivity index (χ2n) is 5.02. The van der Waals surface area contributed by atoms with Gasteiger partial charge < -0.3 is 5.32 Å². The normalized spacial score (nSPS) is 11.0. The first-order chi connectivity index (χ1) is 12.3. The van der Waals surface area contributed by atoms with E-state index in [0.29, 0.717) is 16.3 Å². The highest BCUT2D eigenvalue weighted by atomic mass is 35.5. The molecule has 2 rings (SSSR count). The monoisotopic (exact) mass is 394 g/mol. The molecule has 0 aliphatic carbocycles. The number of nitro groups is 1. The Morgan fingerprint density at radius 3 is 2.35 bits per heavy atom. The highest BCUT2D eigenvalue weighted by molar-refractivity contribution is 6.42. The maximum atomic E-state index is 11.9. The number of carbonyl (C=O) groups excluding carboxylic acids is 2. The quantitative estimate of drug-likeness (QED) is 0.358. The molecule has 0 atom stereocenters. The summed E-state index contributed by atoms with van der Waals surface area (Å²) in [5.74, 6) is -1.99. The molecule has 0 saturated carbocycles. The Morgan fingerprint density at radius 2 is 1.73 bits per heavy atom. The van der Waals surface area contributed by atoms with E-state index in [9.17, 15) is 19.7 Å². The SMILES string of the molecule is CC(=NNC(=O)C(=O)Nc1cc(Cl)ccc1Cl)c1ccc([N+](=O)[O-])cc1. The van der Waals surface area contributed by atoms with Crippen LogP contribution in [0.1, 0.15) is 12.5 Å². The van der Waals surface area contributed by atoms with Gasteiger partial charge in [-0.3, -0.25) is 19.7 Å². The van der Waals surface area contributed by atoms with E-state index >= 15 is 0 Å². The molecule has 134 valence electrons. The lowest BCUT2D eigenvalue weighted by molar-refractivity contribution is -0.384. The van der Waals surface area contributed by atoms with Crippen LogP contribution in [0.5, 0.6) is 0 Å². The molecule has 0 bridgehead atoms. The van der Waals surface area contributed by atoms with Crippen molar-refractivity contribution in [3.05, 3.63) is 68.2 Å². The van der Waals surface area contributed by atoms with Gasteiger partial charge in [0.1, 0.15) is 0 Å². The minimum Gasteiger partial charge on any atom is -0.316 e. The average Bonchev–Trinajstić information content (AvgIpc) is 2.62. The van der Waals surface area contributed by atoms with Crippen LogP contribution in [0.3, 0.4) is 0 Å². The number of non-ortho nitro benzene ring substituents is 1. The zero-order valence-corrected chi connectivity index (χ0v) is 14.8. The van der Waals surface area contributed by atoms with Crippen molar-refractivity contribution in [3.63, 3.8) is 0 Å². The molecule has 0 aromatic heterocycles. The Bertz CT molecular complexity index is 898. The van der Waals surface area contributed by atoms with E-state index in [1.165, 1.54) is 42.5 Å². The van der Waals surface area contributed by atoms with Gasteiger partial charge in [0.2, 0.25) is 0 Å². The van der Waals surface area contributed by atoms with Gasteiger partial charge in [-0.15, -0.1) is 0 Å². The summed E-state index contributed by atoms with van der Waals surface area (Å²) in [4.78, 5) is 33.8. The second-order valence-corrected chi connectivity index (χ2v) is 5.86. The smallest absolute Gasteiger partial charge is 0.316 e. The van der Waals surface area contributed by atoms with Crippen molar-refractivity contribution < 1.29 is 14.5 Å². The predicted molar refractivity (Wildman–Crippen MR) is 98.5 cm³/mol. The molecule has 0 radical (unpaired) electrons. The summed E-state index contributed by atoms with van der Waals surface area (Å²) in [6.45, 7) is 1.58. The van der Waals surface area contributed by atoms with Crippen LogP contribution in [0.2, 0.25) is 10.0 Å². The van der Waals surface area contributed by atoms with E-state index in [-0.39, 0.29) is 16.4 Å². The molecule has 10 heteroatoms. The molecule has 0 spiro atoms. The zero-order chi connectivity index (χ0) is 19.3. The fourth-order valence-electron chi connectivity index (χ4n) is 1.85. The molecule has 8 nitrogen and oxygen atoms in total. The van der Waals surface area contributed by atoms with Crippen molar-refractivity contribution in [2.45, 2.75) is 6.92 Å². The van der Waals surface area contributed by atoms with Crippen LogP contribution in [-0.2, 0) is 9.59 Å². The molecule has 0 aliphatic rings. The molecule has 0 heterocycles. The first-order valence-corrected chi connectivity index (χ1v) is 7.89. The highest BCUT2D eigenvalue weighted by Gasteiger charge is 2.15. The van der Waals surface area contributed by atoms with Gasteiger partial charge in [-0.05, 0) is 42.8 Å². The van der Waals surface area contributed by atoms with Gasteiger partial charge in [0, 0.05) is 17.2 Å². The summed E-state index contributed by atoms with van der Waals surface area (Å²) < 4.78 is 0. The number of carbonyl (C=O) groups is 2. The Hall–Kier alpha value is -2.97. The van der Waals surface area contributed by atoms with Crippen LogP contribution in [0.15, 0.2) is 47.6 Å². The van der Waals surface area contributed by atoms with Gasteiger partial charge in [0.25, 0.3) is 5.69 Å². The maximum Gasteiger partial charge on any atom is 0.329 e. The molecule has 2 N–H and O–H groups in total. The third kappa shape index (κ3) is 5.01. The first kappa shape index (κ1) is 19.4. The number of anilines is 1. The Morgan fingerprint density at radius 1 is 1.08 bits per heavy atom. The topological polar surface area (TPSA) is 114 Å². The van der Waals surface area contributed by atoms with E-state index in [2.05, 4.69) is 15.8 Å². The number of nitrogens with zero attached hydrogens (tertiary/aromatic N) is 2. The summed E-state index contributed by atoms with van der Waals surface area (Å²) in [6.07, 6.45) is 0. The molecule has 0 unspecified atom stereocenters. The number of rotatable bonds is 4. The van der Waals surface area contributed by atoms with Gasteiger partial charge >= 0.3 is 11.8 Å². The van der Waals surface area contributed by atoms with Gasteiger partial charge in [-0.2, -0.15) is 5.10 Å². The summed E-state index contributed by atoms with van der Waals surface area (Å²) in [5.41, 5.74) is 3.14. The fraction of sp³-hybridized carbons (Fsp3) is 0.0625. The van der Waals surface area contributed by atoms with E-state index in [1.807, 2.05) is 0 Å². The molecule has 0 aliphatic heterocycles. The van der Waals surface area contributed by atoms with Crippen molar-refractivity contribution in [3.8, 4) is 0 Å². The van der Waals surface area contributed by atoms with Crippen molar-refractivity contribution in [2.75, 3.05) is 5.32 Å². The van der Waals surface area contributed by atoms with Crippen LogP contribution in [-0.4, -0.2) is 22.4 Å². The number of nitrogens with one attached hydrogen (secondary N) is 2. The Labute approximate surface area is 157 Å². The van der Waals surface area contributed by atoms with Crippen LogP contribution in [0, 0.1) is 10.1 Å². The molecule has 2 aromatic rings. The van der Waals surface area contributed by atoms with Gasteiger partial charge in [-0.25, -0.2) is 5.43 Å². The van der Waals surface area contributed by atoms with Crippen LogP contribution in [0.25, 0.3) is 0 Å². The standard InChI is InChI=1S/C16H12Cl2N4O4/c1-9(10-2-5-12(6-3-10)22(25)26)20-21-16(24)15(23)19-14-8-11(17)4-7-13(14)18/h2-8H,1H3,(H,19,23)(H,21,24). The lowest BCUT2D eigenvalue weighted by Crippen LogP contribution is -2.33. The largest absolute Gasteiger partial charge is 0.329 e. The van der Waals surface area contributed by atoms with Crippen molar-refractivity contribution in [1.29, 1.82) is 0 Å². The molecule has 2 aromatic carbocycles. The van der Waals surface area contributed by atoms with Crippen LogP contribution >= 0.6 is 23.2 Å². The highest BCUT2D eigenvalue weighted by Crippen LogP contribution is 2.25. The number of nitro benzene ring substituents is 1. The molecule has 0 fully saturated rings. The average molecular weight is 395 g/mol. The zero-order valence-electron chi connectivity index (χ0n) is 13.3. The number of hydrazone groups is 1. The maximum absolute atomic E-state index is 11.9. The summed E-state index contributed by atoms with van der Waals surface area (Å²) >= 11 is 11.7. The number of hydrogen-bond acceptors (Lipinski definition) is 5. The summed E-state index contributed by atoms with van der Waals surface area (Å²) in [6, 6.07) is 10.0. The molecule has 0 saturated heterocycles. The van der Waals surface area contributed by atoms with E-state index in [0.717, 1.165) is 0 Å². The summed E-state index contributed by atoms with van der Waals surface area (Å²) in [7, 11) is 0. The third-order valence-corrected chi connectivity index (χ3v) is 3.77. The van der Waals surface area contributed by atoms with E-state index < -0.39 is 16.7 Å². The summed E-state index contributed by atoms with van der Waals surface area (Å²) in [5, 5.41) is 17.3. The van der Waals surface area contributed by atoms with Gasteiger partial charge in [-0.1, -0.05) is 23.2 Å². The minimum atomic E-state index is -1.01. The molecular weight excluding hydrogens is 383 g/mol. The number of hydrogen-bond donors (Lipinski definition) is 2. The van der Waals surface area contributed by atoms with Crippen molar-refractivity contribution in [1.82, 2.24) is 5.43 Å². The van der Waals surface area contributed by atoms with Crippen molar-refractivity contribution >= 4 is 52.1 Å².